The first-order chi connectivity index (χ1) is 12.3. The summed E-state index contributed by atoms with van der Waals surface area (Å²) in [6.45, 7) is 7.23. The van der Waals surface area contributed by atoms with Gasteiger partial charge in [0.05, 0.1) is 35.8 Å². The van der Waals surface area contributed by atoms with E-state index in [1.165, 1.54) is 11.8 Å². The number of methoxy groups -OCH3 is 1. The summed E-state index contributed by atoms with van der Waals surface area (Å²) in [6, 6.07) is 6.81. The van der Waals surface area contributed by atoms with Crippen molar-refractivity contribution in [3.05, 3.63) is 41.1 Å². The van der Waals surface area contributed by atoms with Crippen LogP contribution in [0.4, 0.5) is 0 Å². The fraction of sp³-hybridized carbons (Fsp3) is 0.421. The Morgan fingerprint density at radius 3 is 2.50 bits per heavy atom. The molecule has 0 aromatic heterocycles. The predicted molar refractivity (Wildman–Crippen MR) is 101 cm³/mol. The molecule has 1 saturated heterocycles. The normalized spacial score (nSPS) is 22.5. The number of aliphatic imine (C=N–C) groups is 1. The number of allylic oxidation sites excluding steroid dienone is 1. The summed E-state index contributed by atoms with van der Waals surface area (Å²) in [5, 5.41) is 0.393. The molecule has 2 aliphatic heterocycles. The maximum absolute atomic E-state index is 12.8. The van der Waals surface area contributed by atoms with Gasteiger partial charge in [0.25, 0.3) is 0 Å². The number of rotatable bonds is 4. The lowest BCUT2D eigenvalue weighted by Gasteiger charge is -2.33. The molecule has 2 atom stereocenters. The Kier molecular flexibility index (Phi) is 5.09. The largest absolute Gasteiger partial charge is 0.497 e. The van der Waals surface area contributed by atoms with Crippen LogP contribution in [0.3, 0.4) is 0 Å². The zero-order chi connectivity index (χ0) is 19.0. The molecule has 26 heavy (non-hydrogen) atoms. The first kappa shape index (κ1) is 18.5. The second-order valence-corrected chi connectivity index (χ2v) is 7.80. The van der Waals surface area contributed by atoms with Crippen LogP contribution in [0, 0.1) is 0 Å². The van der Waals surface area contributed by atoms with Gasteiger partial charge in [-0.05, 0) is 45.4 Å². The van der Waals surface area contributed by atoms with Crippen molar-refractivity contribution in [1.82, 2.24) is 4.90 Å². The molecule has 0 aliphatic carbocycles. The number of fused-ring (bicyclic) bond motifs is 1. The molecule has 2 heterocycles. The number of hydrogen-bond donors (Lipinski definition) is 0. The number of ether oxygens (including phenoxy) is 2. The summed E-state index contributed by atoms with van der Waals surface area (Å²) in [4.78, 5) is 31.7. The number of benzene rings is 1. The van der Waals surface area contributed by atoms with Crippen LogP contribution >= 0.6 is 11.8 Å². The van der Waals surface area contributed by atoms with Gasteiger partial charge in [0.1, 0.15) is 5.75 Å². The highest BCUT2D eigenvalue weighted by Crippen LogP contribution is 2.43. The van der Waals surface area contributed by atoms with Crippen molar-refractivity contribution in [2.75, 3.05) is 7.11 Å². The average Bonchev–Trinajstić information content (AvgIpc) is 2.87. The number of hydrogen-bond acceptors (Lipinski definition) is 6. The van der Waals surface area contributed by atoms with Crippen molar-refractivity contribution in [3.8, 4) is 5.75 Å². The third kappa shape index (κ3) is 3.23. The summed E-state index contributed by atoms with van der Waals surface area (Å²) in [6.07, 6.45) is -0.257. The number of thioether (sulfide) groups is 1. The highest BCUT2D eigenvalue weighted by molar-refractivity contribution is 8.15. The standard InChI is InChI=1S/C19H22N2O4S/c1-10(2)25-18(23)15-11(3)20-19-21(17(22)12(4)26-19)16(15)13-6-8-14(24-5)9-7-13/h6-10,12,16H,1-5H3/t12-,16+/m0/s1. The molecule has 1 aromatic rings. The Morgan fingerprint density at radius 2 is 1.92 bits per heavy atom. The van der Waals surface area contributed by atoms with E-state index in [1.54, 1.807) is 32.8 Å². The number of nitrogens with zero attached hydrogens (tertiary/aromatic N) is 2. The van der Waals surface area contributed by atoms with Gasteiger partial charge in [-0.1, -0.05) is 23.9 Å². The number of esters is 1. The van der Waals surface area contributed by atoms with Gasteiger partial charge < -0.3 is 9.47 Å². The second kappa shape index (κ2) is 7.15. The van der Waals surface area contributed by atoms with Crippen LogP contribution in [0.25, 0.3) is 0 Å². The molecule has 0 unspecified atom stereocenters. The van der Waals surface area contributed by atoms with Crippen molar-refractivity contribution in [1.29, 1.82) is 0 Å². The fourth-order valence-electron chi connectivity index (χ4n) is 3.04. The van der Waals surface area contributed by atoms with Crippen LogP contribution in [0.5, 0.6) is 5.75 Å². The van der Waals surface area contributed by atoms with Crippen LogP contribution in [0.2, 0.25) is 0 Å². The van der Waals surface area contributed by atoms with E-state index in [2.05, 4.69) is 4.99 Å². The first-order valence-electron chi connectivity index (χ1n) is 8.47. The van der Waals surface area contributed by atoms with Crippen molar-refractivity contribution in [2.24, 2.45) is 4.99 Å². The van der Waals surface area contributed by atoms with Crippen molar-refractivity contribution in [2.45, 2.75) is 45.1 Å². The Hall–Kier alpha value is -2.28. The zero-order valence-corrected chi connectivity index (χ0v) is 16.3. The van der Waals surface area contributed by atoms with Gasteiger partial charge in [-0.3, -0.25) is 9.69 Å². The lowest BCUT2D eigenvalue weighted by Crippen LogP contribution is -2.40. The minimum absolute atomic E-state index is 0.0584. The van der Waals surface area contributed by atoms with Crippen LogP contribution in [0.1, 0.15) is 39.3 Å². The van der Waals surface area contributed by atoms with Crippen LogP contribution in [0.15, 0.2) is 40.5 Å². The minimum Gasteiger partial charge on any atom is -0.497 e. The molecule has 0 bridgehead atoms. The van der Waals surface area contributed by atoms with Gasteiger partial charge >= 0.3 is 5.97 Å². The fourth-order valence-corrected chi connectivity index (χ4v) is 4.07. The maximum Gasteiger partial charge on any atom is 0.338 e. The molecule has 0 saturated carbocycles. The molecule has 1 amide bonds. The predicted octanol–water partition coefficient (Wildman–Crippen LogP) is 3.30. The Balaban J connectivity index is 2.11. The van der Waals surface area contributed by atoms with E-state index in [9.17, 15) is 9.59 Å². The van der Waals surface area contributed by atoms with Crippen molar-refractivity contribution < 1.29 is 19.1 Å². The highest BCUT2D eigenvalue weighted by atomic mass is 32.2. The third-order valence-corrected chi connectivity index (χ3v) is 5.31. The lowest BCUT2D eigenvalue weighted by molar-refractivity contribution is -0.143. The topological polar surface area (TPSA) is 68.2 Å². The molecule has 7 heteroatoms. The molecule has 3 rings (SSSR count). The molecule has 0 radical (unpaired) electrons. The van der Waals surface area contributed by atoms with Gasteiger partial charge in [0.2, 0.25) is 5.91 Å². The zero-order valence-electron chi connectivity index (χ0n) is 15.5. The summed E-state index contributed by atoms with van der Waals surface area (Å²) in [7, 11) is 1.60. The summed E-state index contributed by atoms with van der Waals surface area (Å²) in [5.74, 6) is 0.205. The summed E-state index contributed by atoms with van der Waals surface area (Å²) in [5.41, 5.74) is 1.80. The lowest BCUT2D eigenvalue weighted by atomic mass is 9.94. The van der Waals surface area contributed by atoms with Crippen molar-refractivity contribution >= 4 is 28.8 Å². The Morgan fingerprint density at radius 1 is 1.27 bits per heavy atom. The minimum atomic E-state index is -0.551. The van der Waals surface area contributed by atoms with Crippen LogP contribution < -0.4 is 4.74 Å². The third-order valence-electron chi connectivity index (χ3n) is 4.25. The number of carbonyl (C=O) groups excluding carboxylic acids is 2. The van der Waals surface area contributed by atoms with Crippen molar-refractivity contribution in [3.63, 3.8) is 0 Å². The van der Waals surface area contributed by atoms with E-state index in [-0.39, 0.29) is 17.3 Å². The monoisotopic (exact) mass is 374 g/mol. The van der Waals surface area contributed by atoms with Gasteiger partial charge in [-0.15, -0.1) is 0 Å². The molecule has 1 aromatic carbocycles. The molecule has 0 spiro atoms. The highest BCUT2D eigenvalue weighted by Gasteiger charge is 2.46. The maximum atomic E-state index is 12.8. The summed E-state index contributed by atoms with van der Waals surface area (Å²) < 4.78 is 10.6. The van der Waals surface area contributed by atoms with E-state index in [4.69, 9.17) is 9.47 Å². The van der Waals surface area contributed by atoms with Crippen LogP contribution in [-0.4, -0.2) is 40.4 Å². The van der Waals surface area contributed by atoms with Crippen LogP contribution in [-0.2, 0) is 14.3 Å². The first-order valence-corrected chi connectivity index (χ1v) is 9.35. The van der Waals surface area contributed by atoms with E-state index < -0.39 is 12.0 Å². The summed E-state index contributed by atoms with van der Waals surface area (Å²) >= 11 is 1.41. The second-order valence-electron chi connectivity index (χ2n) is 6.49. The Labute approximate surface area is 157 Å². The quantitative estimate of drug-likeness (QED) is 0.757. The number of amides is 1. The number of amidine groups is 1. The molecule has 138 valence electrons. The molecule has 0 N–H and O–H groups in total. The molecular formula is C19H22N2O4S. The van der Waals surface area contributed by atoms with Gasteiger partial charge in [0, 0.05) is 0 Å². The van der Waals surface area contributed by atoms with Gasteiger partial charge in [0.15, 0.2) is 5.17 Å². The molecule has 6 nitrogen and oxygen atoms in total. The Bertz CT molecular complexity index is 798. The van der Waals surface area contributed by atoms with E-state index in [0.717, 1.165) is 5.56 Å². The SMILES string of the molecule is COc1ccc([C@@H]2C(C(=O)OC(C)C)=C(C)N=C3S[C@@H](C)C(=O)N32)cc1. The van der Waals surface area contributed by atoms with Gasteiger partial charge in [-0.2, -0.15) is 0 Å². The van der Waals surface area contributed by atoms with E-state index in [1.807, 2.05) is 31.2 Å². The van der Waals surface area contributed by atoms with Gasteiger partial charge in [-0.25, -0.2) is 9.79 Å². The molecular weight excluding hydrogens is 352 g/mol. The molecule has 1 fully saturated rings. The average molecular weight is 374 g/mol. The number of carbonyl (C=O) groups is 2. The van der Waals surface area contributed by atoms with E-state index in [0.29, 0.717) is 22.2 Å². The smallest absolute Gasteiger partial charge is 0.338 e. The molecule has 2 aliphatic rings. The van der Waals surface area contributed by atoms with E-state index >= 15 is 0 Å².